The van der Waals surface area contributed by atoms with E-state index in [4.69, 9.17) is 33.7 Å². The van der Waals surface area contributed by atoms with Crippen LogP contribution in [0.5, 0.6) is 17.2 Å². The van der Waals surface area contributed by atoms with E-state index in [1.54, 1.807) is 12.2 Å². The lowest BCUT2D eigenvalue weighted by atomic mass is 9.55. The molecule has 0 saturated heterocycles. The molecule has 3 aliphatic rings. The molecule has 6 rings (SSSR count). The van der Waals surface area contributed by atoms with Crippen LogP contribution < -0.4 is 14.2 Å². The molecule has 6 atom stereocenters. The number of nitro groups is 1. The summed E-state index contributed by atoms with van der Waals surface area (Å²) < 4.78 is 32.1. The monoisotopic (exact) mass is 869 g/mol. The summed E-state index contributed by atoms with van der Waals surface area (Å²) >= 11 is 0. The van der Waals surface area contributed by atoms with Gasteiger partial charge in [-0.2, -0.15) is 0 Å². The Bertz CT molecular complexity index is 2040. The number of carbonyl (C=O) groups excluding carboxylic acids is 1. The summed E-state index contributed by atoms with van der Waals surface area (Å²) in [5, 5.41) is 45.7. The highest BCUT2D eigenvalue weighted by Crippen LogP contribution is 2.62. The second-order valence-electron chi connectivity index (χ2n) is 15.8. The van der Waals surface area contributed by atoms with Crippen molar-refractivity contribution in [3.05, 3.63) is 131 Å². The molecule has 0 aromatic heterocycles. The van der Waals surface area contributed by atoms with Gasteiger partial charge in [-0.05, 0) is 79.0 Å². The molecule has 15 nitrogen and oxygen atoms in total. The van der Waals surface area contributed by atoms with E-state index in [9.17, 15) is 30.2 Å². The molecule has 0 spiro atoms. The Morgan fingerprint density at radius 1 is 0.921 bits per heavy atom. The number of carbonyl (C=O) groups is 1. The zero-order valence-electron chi connectivity index (χ0n) is 35.6. The van der Waals surface area contributed by atoms with Crippen LogP contribution in [0.4, 0.5) is 10.5 Å². The minimum atomic E-state index is -1.59. The zero-order valence-corrected chi connectivity index (χ0v) is 35.6. The number of non-ortho nitro benzene ring substituents is 1. The number of hydrogen-bond donors (Lipinski definition) is 3. The van der Waals surface area contributed by atoms with Gasteiger partial charge < -0.3 is 43.8 Å². The Morgan fingerprint density at radius 3 is 2.35 bits per heavy atom. The highest BCUT2D eigenvalue weighted by Gasteiger charge is 2.65. The van der Waals surface area contributed by atoms with Crippen molar-refractivity contribution in [2.75, 3.05) is 52.8 Å². The average Bonchev–Trinajstić information content (AvgIpc) is 3.29. The first kappa shape index (κ1) is 46.9. The van der Waals surface area contributed by atoms with Gasteiger partial charge in [-0.15, -0.1) is 6.58 Å². The third-order valence-corrected chi connectivity index (χ3v) is 11.8. The summed E-state index contributed by atoms with van der Waals surface area (Å²) in [7, 11) is 0. The lowest BCUT2D eigenvalue weighted by molar-refractivity contribution is -0.384. The number of unbranched alkanes of at least 4 members (excludes halogenated alkanes) is 2. The smallest absolute Gasteiger partial charge is 0.415 e. The van der Waals surface area contributed by atoms with Crippen molar-refractivity contribution >= 4 is 17.5 Å². The van der Waals surface area contributed by atoms with Crippen molar-refractivity contribution < 1.29 is 53.6 Å². The number of hydrogen-bond acceptors (Lipinski definition) is 13. The number of aliphatic hydroxyl groups is 3. The summed E-state index contributed by atoms with van der Waals surface area (Å²) in [4.78, 5) is 33.3. The molecule has 15 heteroatoms. The summed E-state index contributed by atoms with van der Waals surface area (Å²) in [6, 6.07) is 19.6. The molecule has 3 N–H and O–H groups in total. The molecular weight excluding hydrogens is 811 g/mol. The number of ether oxygens (including phenoxy) is 5. The topological polar surface area (TPSA) is 192 Å². The van der Waals surface area contributed by atoms with E-state index in [-0.39, 0.29) is 95.0 Å². The predicted octanol–water partition coefficient (Wildman–Crippen LogP) is 7.50. The summed E-state index contributed by atoms with van der Waals surface area (Å²) in [6.45, 7) is 8.22. The average molecular weight is 870 g/mol. The van der Waals surface area contributed by atoms with Crippen LogP contribution in [0.3, 0.4) is 0 Å². The third kappa shape index (κ3) is 11.3. The molecule has 2 aliphatic carbocycles. The van der Waals surface area contributed by atoms with Gasteiger partial charge in [-0.25, -0.2) is 4.79 Å². The van der Waals surface area contributed by atoms with Crippen molar-refractivity contribution in [3.63, 3.8) is 0 Å². The SMILES string of the molecule is C=CCOc1ccc2c(c1)[C@H]1[C@H](CCCCO)[C@@H](CCCCO)C=C3C(=NOCc4ccccc4)C[C@H](N(CCOCCO)C(=O)Oc4ccc([N+](=O)[O-])cc4)[C@@](OCC=C)(O2)[C@H]31. The van der Waals surface area contributed by atoms with Gasteiger partial charge in [0.25, 0.3) is 5.69 Å². The number of rotatable bonds is 25. The van der Waals surface area contributed by atoms with Gasteiger partial charge in [-0.3, -0.25) is 15.0 Å². The first-order valence-corrected chi connectivity index (χ1v) is 21.7. The molecule has 1 aliphatic heterocycles. The molecule has 338 valence electrons. The Morgan fingerprint density at radius 2 is 1.65 bits per heavy atom. The number of fused-ring (bicyclic) bond motifs is 2. The Labute approximate surface area is 368 Å². The molecule has 0 unspecified atom stereocenters. The lowest BCUT2D eigenvalue weighted by Crippen LogP contribution is -2.70. The largest absolute Gasteiger partial charge is 0.490 e. The molecule has 1 heterocycles. The molecule has 0 bridgehead atoms. The Hall–Kier alpha value is -5.58. The molecule has 3 aromatic rings. The van der Waals surface area contributed by atoms with Crippen LogP contribution >= 0.6 is 0 Å². The van der Waals surface area contributed by atoms with Gasteiger partial charge in [-0.1, -0.05) is 73.1 Å². The third-order valence-electron chi connectivity index (χ3n) is 11.8. The standard InChI is InChI=1S/C48H59N3O12/c1-3-26-59-38-20-21-43-41(31-38)45-39(15-9-11-24-53)35(14-8-10-23-52)30-40-42(49-61-33-34-12-6-5-7-13-34)32-44(48(63-43,46(40)45)60-27-4-2)50(22-28-58-29-25-54)47(55)62-37-18-16-36(17-19-37)51(56)57/h3-7,12-13,16-21,30-31,35,39,44-46,52-54H,1-2,8-11,14-15,22-29,32-33H2/t35-,39+,44-,45+,46+,48+/m0/s1. The van der Waals surface area contributed by atoms with Crippen LogP contribution in [0.2, 0.25) is 0 Å². The number of amides is 1. The van der Waals surface area contributed by atoms with E-state index in [0.717, 1.165) is 42.4 Å². The van der Waals surface area contributed by atoms with Gasteiger partial charge in [0, 0.05) is 49.8 Å². The molecule has 63 heavy (non-hydrogen) atoms. The first-order valence-electron chi connectivity index (χ1n) is 21.7. The number of allylic oxidation sites excluding steroid dienone is 1. The number of nitrogens with zero attached hydrogens (tertiary/aromatic N) is 3. The molecule has 0 radical (unpaired) electrons. The number of oxime groups is 1. The van der Waals surface area contributed by atoms with Crippen molar-refractivity contribution in [2.45, 2.75) is 69.3 Å². The fourth-order valence-electron chi connectivity index (χ4n) is 9.15. The van der Waals surface area contributed by atoms with Gasteiger partial charge in [0.2, 0.25) is 5.79 Å². The zero-order chi connectivity index (χ0) is 44.6. The second-order valence-corrected chi connectivity index (χ2v) is 15.8. The highest BCUT2D eigenvalue weighted by molar-refractivity contribution is 6.03. The van der Waals surface area contributed by atoms with Crippen LogP contribution in [-0.2, 0) is 20.9 Å². The number of aliphatic hydroxyl groups excluding tert-OH is 3. The van der Waals surface area contributed by atoms with E-state index >= 15 is 0 Å². The molecule has 1 amide bonds. The van der Waals surface area contributed by atoms with E-state index < -0.39 is 28.8 Å². The quantitative estimate of drug-likeness (QED) is 0.0329. The first-order chi connectivity index (χ1) is 30.8. The van der Waals surface area contributed by atoms with Crippen LogP contribution in [-0.4, -0.2) is 102 Å². The maximum atomic E-state index is 14.7. The fraction of sp³-hybridized carbons (Fsp3) is 0.458. The van der Waals surface area contributed by atoms with Crippen molar-refractivity contribution in [1.29, 1.82) is 0 Å². The van der Waals surface area contributed by atoms with E-state index in [1.165, 1.54) is 29.2 Å². The highest BCUT2D eigenvalue weighted by atomic mass is 16.7. The van der Waals surface area contributed by atoms with Crippen LogP contribution in [0.25, 0.3) is 0 Å². The molecular formula is C48H59N3O12. The van der Waals surface area contributed by atoms with E-state index in [0.29, 0.717) is 30.1 Å². The molecule has 1 saturated carbocycles. The van der Waals surface area contributed by atoms with Gasteiger partial charge in [0.1, 0.15) is 36.5 Å². The summed E-state index contributed by atoms with van der Waals surface area (Å²) in [6.07, 6.45) is 9.14. The second kappa shape index (κ2) is 23.2. The van der Waals surface area contributed by atoms with E-state index in [2.05, 4.69) is 19.2 Å². The maximum Gasteiger partial charge on any atom is 0.415 e. The normalized spacial score (nSPS) is 22.7. The molecule has 3 aromatic carbocycles. The summed E-state index contributed by atoms with van der Waals surface area (Å²) in [5.41, 5.74) is 3.07. The van der Waals surface area contributed by atoms with Gasteiger partial charge >= 0.3 is 6.09 Å². The van der Waals surface area contributed by atoms with Crippen LogP contribution in [0, 0.1) is 27.9 Å². The lowest BCUT2D eigenvalue weighted by Gasteiger charge is -2.59. The maximum absolute atomic E-state index is 14.7. The van der Waals surface area contributed by atoms with Crippen molar-refractivity contribution in [3.8, 4) is 17.2 Å². The summed E-state index contributed by atoms with van der Waals surface area (Å²) in [5.74, 6) is -1.25. The number of benzene rings is 3. The number of nitro benzene ring substituents is 1. The predicted molar refractivity (Wildman–Crippen MR) is 236 cm³/mol. The van der Waals surface area contributed by atoms with Gasteiger partial charge in [0.15, 0.2) is 0 Å². The minimum Gasteiger partial charge on any atom is -0.490 e. The van der Waals surface area contributed by atoms with Crippen LogP contribution in [0.15, 0.2) is 115 Å². The van der Waals surface area contributed by atoms with Crippen molar-refractivity contribution in [1.82, 2.24) is 4.90 Å². The molecule has 1 fully saturated rings. The van der Waals surface area contributed by atoms with Gasteiger partial charge in [0.05, 0.1) is 43.0 Å². The Balaban J connectivity index is 1.57. The van der Waals surface area contributed by atoms with Crippen molar-refractivity contribution in [2.24, 2.45) is 22.9 Å². The van der Waals surface area contributed by atoms with Crippen LogP contribution in [0.1, 0.15) is 62.0 Å². The Kier molecular flexibility index (Phi) is 17.3. The fourth-order valence-corrected chi connectivity index (χ4v) is 9.15. The van der Waals surface area contributed by atoms with E-state index in [1.807, 2.05) is 48.5 Å². The minimum absolute atomic E-state index is 0.00897.